The van der Waals surface area contributed by atoms with Gasteiger partial charge in [0.1, 0.15) is 12.4 Å². The normalized spacial score (nSPS) is 10.0. The van der Waals surface area contributed by atoms with E-state index in [-0.39, 0.29) is 12.3 Å². The molecule has 0 spiro atoms. The van der Waals surface area contributed by atoms with Gasteiger partial charge in [-0.25, -0.2) is 4.79 Å². The minimum Gasteiger partial charge on any atom is -0.497 e. The monoisotopic (exact) mass is 286 g/mol. The van der Waals surface area contributed by atoms with E-state index in [1.165, 1.54) is 0 Å². The molecule has 2 aromatic rings. The van der Waals surface area contributed by atoms with Gasteiger partial charge in [-0.2, -0.15) is 0 Å². The minimum absolute atomic E-state index is 0.0543. The maximum absolute atomic E-state index is 12.1. The molecule has 21 heavy (non-hydrogen) atoms. The molecular weight excluding hydrogens is 268 g/mol. The van der Waals surface area contributed by atoms with Gasteiger partial charge in [0.05, 0.1) is 13.7 Å². The van der Waals surface area contributed by atoms with Crippen LogP contribution in [-0.4, -0.2) is 28.0 Å². The lowest BCUT2D eigenvalue weighted by molar-refractivity contribution is 0.350. The molecule has 5 nitrogen and oxygen atoms in total. The number of benzene rings is 1. The minimum atomic E-state index is -0.197. The molecule has 1 heterocycles. The molecular formula is C16H18N2O3. The van der Waals surface area contributed by atoms with Gasteiger partial charge in [0.25, 0.3) is 0 Å². The average Bonchev–Trinajstić information content (AvgIpc) is 2.86. The zero-order valence-electron chi connectivity index (χ0n) is 12.2. The van der Waals surface area contributed by atoms with Gasteiger partial charge in [-0.15, -0.1) is 0 Å². The molecule has 0 amide bonds. The summed E-state index contributed by atoms with van der Waals surface area (Å²) in [6.07, 6.45) is 3.52. The summed E-state index contributed by atoms with van der Waals surface area (Å²) in [5.74, 6) is 6.24. The van der Waals surface area contributed by atoms with Crippen LogP contribution in [0.15, 0.2) is 35.4 Å². The van der Waals surface area contributed by atoms with Gasteiger partial charge in [0.15, 0.2) is 0 Å². The third-order valence-corrected chi connectivity index (χ3v) is 3.21. The Morgan fingerprint density at radius 2 is 2.05 bits per heavy atom. The maximum Gasteiger partial charge on any atom is 0.328 e. The summed E-state index contributed by atoms with van der Waals surface area (Å²) in [6.45, 7) is 2.78. The van der Waals surface area contributed by atoms with Crippen molar-refractivity contribution < 1.29 is 9.84 Å². The van der Waals surface area contributed by atoms with Gasteiger partial charge in [0, 0.05) is 24.5 Å². The Kier molecular flexibility index (Phi) is 4.85. The largest absolute Gasteiger partial charge is 0.497 e. The number of hydrogen-bond donors (Lipinski definition) is 1. The molecule has 0 atom stereocenters. The van der Waals surface area contributed by atoms with Gasteiger partial charge in [-0.1, -0.05) is 11.8 Å². The molecule has 2 rings (SSSR count). The number of aliphatic hydroxyl groups is 1. The van der Waals surface area contributed by atoms with E-state index >= 15 is 0 Å². The first-order valence-electron chi connectivity index (χ1n) is 6.71. The van der Waals surface area contributed by atoms with Crippen LogP contribution in [0.2, 0.25) is 0 Å². The summed E-state index contributed by atoms with van der Waals surface area (Å²) in [7, 11) is 1.60. The Morgan fingerprint density at radius 3 is 2.67 bits per heavy atom. The zero-order valence-corrected chi connectivity index (χ0v) is 12.2. The summed E-state index contributed by atoms with van der Waals surface area (Å²) in [5.41, 5.74) is 1.61. The molecule has 0 fully saturated rings. The lowest BCUT2D eigenvalue weighted by Gasteiger charge is -2.08. The number of ether oxygens (including phenoxy) is 1. The second-order valence-corrected chi connectivity index (χ2v) is 4.48. The number of nitrogens with zero attached hydrogens (tertiary/aromatic N) is 2. The number of aliphatic hydroxyl groups excluding tert-OH is 1. The molecule has 0 bridgehead atoms. The van der Waals surface area contributed by atoms with Gasteiger partial charge < -0.3 is 9.84 Å². The summed E-state index contributed by atoms with van der Waals surface area (Å²) < 4.78 is 8.48. The summed E-state index contributed by atoms with van der Waals surface area (Å²) in [4.78, 5) is 12.1. The lowest BCUT2D eigenvalue weighted by atomic mass is 10.1. The molecule has 0 saturated heterocycles. The van der Waals surface area contributed by atoms with Crippen LogP contribution in [0.1, 0.15) is 18.1 Å². The van der Waals surface area contributed by atoms with Gasteiger partial charge in [0.2, 0.25) is 0 Å². The van der Waals surface area contributed by atoms with Crippen molar-refractivity contribution in [2.45, 2.75) is 20.0 Å². The van der Waals surface area contributed by atoms with Gasteiger partial charge in [-0.05, 0) is 30.7 Å². The number of imidazole rings is 1. The lowest BCUT2D eigenvalue weighted by Crippen LogP contribution is -2.24. The van der Waals surface area contributed by atoms with E-state index in [0.717, 1.165) is 11.1 Å². The standard InChI is InChI=1S/C16H18N2O3/c1-3-17-8-9-18(16(17)20)12-14-11-15(21-2)7-6-13(14)5-4-10-19/h6-9,11,19H,3,10,12H2,1-2H3. The number of rotatable bonds is 4. The summed E-state index contributed by atoms with van der Waals surface area (Å²) in [6, 6.07) is 5.50. The first kappa shape index (κ1) is 14.9. The van der Waals surface area contributed by atoms with E-state index in [1.54, 1.807) is 28.6 Å². The molecule has 0 aliphatic carbocycles. The predicted molar refractivity (Wildman–Crippen MR) is 80.4 cm³/mol. The van der Waals surface area contributed by atoms with Crippen molar-refractivity contribution in [2.75, 3.05) is 13.7 Å². The van der Waals surface area contributed by atoms with E-state index in [9.17, 15) is 4.79 Å². The highest BCUT2D eigenvalue weighted by Crippen LogP contribution is 2.18. The Morgan fingerprint density at radius 1 is 1.29 bits per heavy atom. The second kappa shape index (κ2) is 6.82. The van der Waals surface area contributed by atoms with Crippen LogP contribution in [0.4, 0.5) is 0 Å². The van der Waals surface area contributed by atoms with Crippen LogP contribution >= 0.6 is 0 Å². The van der Waals surface area contributed by atoms with Crippen molar-refractivity contribution in [1.82, 2.24) is 9.13 Å². The summed E-state index contributed by atoms with van der Waals surface area (Å²) >= 11 is 0. The van der Waals surface area contributed by atoms with Crippen molar-refractivity contribution in [1.29, 1.82) is 0 Å². The molecule has 0 saturated carbocycles. The van der Waals surface area contributed by atoms with E-state index in [1.807, 2.05) is 25.1 Å². The maximum atomic E-state index is 12.1. The van der Waals surface area contributed by atoms with E-state index < -0.39 is 0 Å². The molecule has 0 unspecified atom stereocenters. The molecule has 0 aliphatic heterocycles. The smallest absolute Gasteiger partial charge is 0.328 e. The molecule has 5 heteroatoms. The number of methoxy groups -OCH3 is 1. The Bertz CT molecular complexity index is 732. The molecule has 110 valence electrons. The molecule has 0 radical (unpaired) electrons. The fraction of sp³-hybridized carbons (Fsp3) is 0.312. The third-order valence-electron chi connectivity index (χ3n) is 3.21. The van der Waals surface area contributed by atoms with Crippen molar-refractivity contribution in [2.24, 2.45) is 0 Å². The first-order valence-corrected chi connectivity index (χ1v) is 6.71. The average molecular weight is 286 g/mol. The predicted octanol–water partition coefficient (Wildman–Crippen LogP) is 1.07. The fourth-order valence-corrected chi connectivity index (χ4v) is 2.08. The van der Waals surface area contributed by atoms with E-state index in [4.69, 9.17) is 9.84 Å². The SMILES string of the molecule is CCn1ccn(Cc2cc(OC)ccc2C#CCO)c1=O. The van der Waals surface area contributed by atoms with Crippen LogP contribution in [0.5, 0.6) is 5.75 Å². The molecule has 0 aliphatic rings. The Balaban J connectivity index is 2.40. The highest BCUT2D eigenvalue weighted by molar-refractivity contribution is 5.45. The third kappa shape index (κ3) is 3.36. The van der Waals surface area contributed by atoms with Gasteiger partial charge >= 0.3 is 5.69 Å². The number of aryl methyl sites for hydroxylation is 1. The molecule has 1 aromatic heterocycles. The van der Waals surface area contributed by atoms with Crippen molar-refractivity contribution >= 4 is 0 Å². The van der Waals surface area contributed by atoms with Crippen molar-refractivity contribution in [3.63, 3.8) is 0 Å². The zero-order chi connectivity index (χ0) is 15.2. The fourth-order valence-electron chi connectivity index (χ4n) is 2.08. The van der Waals surface area contributed by atoms with Crippen LogP contribution in [0.25, 0.3) is 0 Å². The molecule has 1 aromatic carbocycles. The van der Waals surface area contributed by atoms with Crippen molar-refractivity contribution in [3.8, 4) is 17.6 Å². The molecule has 1 N–H and O–H groups in total. The van der Waals surface area contributed by atoms with Crippen LogP contribution < -0.4 is 10.4 Å². The Labute approximate surface area is 123 Å². The van der Waals surface area contributed by atoms with Crippen molar-refractivity contribution in [3.05, 3.63) is 52.2 Å². The van der Waals surface area contributed by atoms with E-state index in [0.29, 0.717) is 18.8 Å². The Hall–Kier alpha value is -2.45. The van der Waals surface area contributed by atoms with Crippen LogP contribution in [0.3, 0.4) is 0 Å². The van der Waals surface area contributed by atoms with Gasteiger partial charge in [-0.3, -0.25) is 9.13 Å². The topological polar surface area (TPSA) is 56.4 Å². The van der Waals surface area contributed by atoms with Crippen LogP contribution in [-0.2, 0) is 13.1 Å². The first-order chi connectivity index (χ1) is 10.2. The highest BCUT2D eigenvalue weighted by Gasteiger charge is 2.07. The summed E-state index contributed by atoms with van der Waals surface area (Å²) in [5, 5.41) is 8.83. The van der Waals surface area contributed by atoms with Crippen LogP contribution in [0, 0.1) is 11.8 Å². The number of hydrogen-bond acceptors (Lipinski definition) is 3. The quantitative estimate of drug-likeness (QED) is 0.855. The van der Waals surface area contributed by atoms with E-state index in [2.05, 4.69) is 11.8 Å². The highest BCUT2D eigenvalue weighted by atomic mass is 16.5. The second-order valence-electron chi connectivity index (χ2n) is 4.48. The number of aromatic nitrogens is 2.